The minimum atomic E-state index is -0.809. The van der Waals surface area contributed by atoms with Crippen LogP contribution in [0.1, 0.15) is 0 Å². The van der Waals surface area contributed by atoms with Crippen molar-refractivity contribution in [2.75, 3.05) is 11.9 Å². The van der Waals surface area contributed by atoms with Crippen molar-refractivity contribution in [1.82, 2.24) is 0 Å². The van der Waals surface area contributed by atoms with Gasteiger partial charge < -0.3 is 14.5 Å². The summed E-state index contributed by atoms with van der Waals surface area (Å²) in [7, 11) is 0. The largest absolute Gasteiger partial charge is 0.484 e. The van der Waals surface area contributed by atoms with Crippen LogP contribution >= 0.6 is 0 Å². The fourth-order valence-corrected chi connectivity index (χ4v) is 2.19. The van der Waals surface area contributed by atoms with Crippen molar-refractivity contribution in [3.8, 4) is 5.75 Å². The number of non-ortho nitro benzene ring substituents is 1. The number of nitrogens with zero attached hydrogens (tertiary/aromatic N) is 1. The highest BCUT2D eigenvalue weighted by Crippen LogP contribution is 2.22. The van der Waals surface area contributed by atoms with Crippen LogP contribution in [0.5, 0.6) is 5.75 Å². The number of benzene rings is 2. The van der Waals surface area contributed by atoms with Gasteiger partial charge in [0.15, 0.2) is 6.61 Å². The fourth-order valence-electron chi connectivity index (χ4n) is 2.19. The van der Waals surface area contributed by atoms with E-state index in [1.807, 2.05) is 0 Å². The normalized spacial score (nSPS) is 10.5. The lowest BCUT2D eigenvalue weighted by atomic mass is 10.2. The number of halogens is 1. The number of nitro groups is 1. The number of carbonyl (C=O) groups excluding carboxylic acids is 1. The van der Waals surface area contributed by atoms with Crippen molar-refractivity contribution in [2.45, 2.75) is 0 Å². The first-order chi connectivity index (χ1) is 12.4. The molecule has 0 spiro atoms. The Kier molecular flexibility index (Phi) is 4.61. The highest BCUT2D eigenvalue weighted by molar-refractivity contribution is 5.92. The molecule has 2 aromatic carbocycles. The second-order valence-electron chi connectivity index (χ2n) is 5.21. The zero-order chi connectivity index (χ0) is 18.7. The predicted octanol–water partition coefficient (Wildman–Crippen LogP) is 2.86. The molecule has 0 fully saturated rings. The number of amides is 1. The van der Waals surface area contributed by atoms with Gasteiger partial charge in [0.05, 0.1) is 10.6 Å². The third-order valence-corrected chi connectivity index (χ3v) is 3.40. The summed E-state index contributed by atoms with van der Waals surface area (Å²) in [6.45, 7) is -0.468. The van der Waals surface area contributed by atoms with Gasteiger partial charge in [-0.3, -0.25) is 14.9 Å². The molecular formula is C17H11FN2O6. The number of hydrogen-bond donors (Lipinski definition) is 1. The van der Waals surface area contributed by atoms with E-state index in [4.69, 9.17) is 9.15 Å². The van der Waals surface area contributed by atoms with Gasteiger partial charge in [-0.2, -0.15) is 0 Å². The average Bonchev–Trinajstić information content (AvgIpc) is 2.61. The Labute approximate surface area is 145 Å². The van der Waals surface area contributed by atoms with Crippen molar-refractivity contribution in [1.29, 1.82) is 0 Å². The average molecular weight is 358 g/mol. The standard InChI is InChI=1S/C17H11FN2O6/c18-13-5-3-11(20(23)24)7-14(13)19-16(21)9-25-12-4-1-10-2-6-17(22)26-15(10)8-12/h1-8H,9H2,(H,19,21). The monoisotopic (exact) mass is 358 g/mol. The first-order valence-electron chi connectivity index (χ1n) is 7.33. The molecule has 1 aromatic heterocycles. The summed E-state index contributed by atoms with van der Waals surface area (Å²) in [6, 6.07) is 10.3. The van der Waals surface area contributed by atoms with E-state index in [0.717, 1.165) is 18.2 Å². The molecule has 132 valence electrons. The van der Waals surface area contributed by atoms with Crippen LogP contribution in [-0.2, 0) is 4.79 Å². The van der Waals surface area contributed by atoms with Gasteiger partial charge in [0.1, 0.15) is 17.1 Å². The summed E-state index contributed by atoms with van der Waals surface area (Å²) in [5.74, 6) is -1.25. The van der Waals surface area contributed by atoms with Gasteiger partial charge in [-0.05, 0) is 24.3 Å². The zero-order valence-corrected chi connectivity index (χ0v) is 13.1. The van der Waals surface area contributed by atoms with E-state index in [1.54, 1.807) is 18.2 Å². The predicted molar refractivity (Wildman–Crippen MR) is 89.7 cm³/mol. The van der Waals surface area contributed by atoms with E-state index in [1.165, 1.54) is 12.1 Å². The number of carbonyl (C=O) groups is 1. The topological polar surface area (TPSA) is 112 Å². The molecule has 1 N–H and O–H groups in total. The van der Waals surface area contributed by atoms with Crippen molar-refractivity contribution in [2.24, 2.45) is 0 Å². The lowest BCUT2D eigenvalue weighted by Gasteiger charge is -2.08. The summed E-state index contributed by atoms with van der Waals surface area (Å²) in [6.07, 6.45) is 0. The fraction of sp³-hybridized carbons (Fsp3) is 0.0588. The minimum absolute atomic E-state index is 0.265. The van der Waals surface area contributed by atoms with E-state index < -0.39 is 28.9 Å². The van der Waals surface area contributed by atoms with Crippen molar-refractivity contribution in [3.63, 3.8) is 0 Å². The van der Waals surface area contributed by atoms with Crippen LogP contribution in [0.15, 0.2) is 57.7 Å². The number of hydrogen-bond acceptors (Lipinski definition) is 6. The van der Waals surface area contributed by atoms with Gasteiger partial charge >= 0.3 is 5.63 Å². The van der Waals surface area contributed by atoms with Crippen LogP contribution in [0.3, 0.4) is 0 Å². The number of rotatable bonds is 5. The Morgan fingerprint density at radius 1 is 1.19 bits per heavy atom. The summed E-state index contributed by atoms with van der Waals surface area (Å²) in [5.41, 5.74) is -0.904. The lowest BCUT2D eigenvalue weighted by Crippen LogP contribution is -2.20. The van der Waals surface area contributed by atoms with E-state index >= 15 is 0 Å². The van der Waals surface area contributed by atoms with Crippen LogP contribution in [-0.4, -0.2) is 17.4 Å². The lowest BCUT2D eigenvalue weighted by molar-refractivity contribution is -0.384. The molecule has 0 radical (unpaired) electrons. The van der Waals surface area contributed by atoms with Gasteiger partial charge in [-0.25, -0.2) is 9.18 Å². The van der Waals surface area contributed by atoms with Crippen molar-refractivity contribution >= 4 is 28.3 Å². The summed E-state index contributed by atoms with van der Waals surface area (Å²) in [4.78, 5) is 33.1. The highest BCUT2D eigenvalue weighted by Gasteiger charge is 2.13. The third kappa shape index (κ3) is 3.83. The maximum atomic E-state index is 13.6. The van der Waals surface area contributed by atoms with Gasteiger partial charge in [-0.1, -0.05) is 0 Å². The van der Waals surface area contributed by atoms with Crippen molar-refractivity contribution in [3.05, 3.63) is 74.9 Å². The van der Waals surface area contributed by atoms with E-state index in [0.29, 0.717) is 11.0 Å². The molecule has 9 heteroatoms. The summed E-state index contributed by atoms with van der Waals surface area (Å²) < 4.78 is 23.9. The molecular weight excluding hydrogens is 347 g/mol. The number of nitro benzene ring substituents is 1. The Hall–Kier alpha value is -3.75. The smallest absolute Gasteiger partial charge is 0.336 e. The number of fused-ring (bicyclic) bond motifs is 1. The molecule has 3 aromatic rings. The van der Waals surface area contributed by atoms with Crippen LogP contribution < -0.4 is 15.7 Å². The second-order valence-corrected chi connectivity index (χ2v) is 5.21. The second kappa shape index (κ2) is 7.01. The minimum Gasteiger partial charge on any atom is -0.484 e. The van der Waals surface area contributed by atoms with E-state index in [-0.39, 0.29) is 17.1 Å². The van der Waals surface area contributed by atoms with Gasteiger partial charge in [0, 0.05) is 29.7 Å². The molecule has 3 rings (SSSR count). The van der Waals surface area contributed by atoms with Gasteiger partial charge in [-0.15, -0.1) is 0 Å². The first kappa shape index (κ1) is 17.1. The Morgan fingerprint density at radius 3 is 2.73 bits per heavy atom. The number of anilines is 1. The molecule has 0 saturated heterocycles. The molecule has 1 heterocycles. The molecule has 0 aliphatic rings. The van der Waals surface area contributed by atoms with Crippen LogP contribution in [0.25, 0.3) is 11.0 Å². The highest BCUT2D eigenvalue weighted by atomic mass is 19.1. The van der Waals surface area contributed by atoms with Gasteiger partial charge in [0.25, 0.3) is 11.6 Å². The maximum Gasteiger partial charge on any atom is 0.336 e. The third-order valence-electron chi connectivity index (χ3n) is 3.40. The molecule has 0 saturated carbocycles. The quantitative estimate of drug-likeness (QED) is 0.426. The van der Waals surface area contributed by atoms with E-state index in [2.05, 4.69) is 5.32 Å². The Bertz CT molecular complexity index is 1060. The van der Waals surface area contributed by atoms with Gasteiger partial charge in [0.2, 0.25) is 0 Å². The molecule has 0 aliphatic heterocycles. The van der Waals surface area contributed by atoms with Crippen molar-refractivity contribution < 1.29 is 23.3 Å². The summed E-state index contributed by atoms with van der Waals surface area (Å²) >= 11 is 0. The molecule has 0 bridgehead atoms. The number of nitrogens with one attached hydrogen (secondary N) is 1. The molecule has 0 unspecified atom stereocenters. The maximum absolute atomic E-state index is 13.6. The zero-order valence-electron chi connectivity index (χ0n) is 13.1. The molecule has 26 heavy (non-hydrogen) atoms. The van der Waals surface area contributed by atoms with Crippen LogP contribution in [0.4, 0.5) is 15.8 Å². The molecule has 1 amide bonds. The molecule has 0 atom stereocenters. The number of ether oxygens (including phenoxy) is 1. The first-order valence-corrected chi connectivity index (χ1v) is 7.33. The SMILES string of the molecule is O=C(COc1ccc2ccc(=O)oc2c1)Nc1cc([N+](=O)[O-])ccc1F. The van der Waals surface area contributed by atoms with Crippen LogP contribution in [0.2, 0.25) is 0 Å². The Balaban J connectivity index is 1.68. The Morgan fingerprint density at radius 2 is 1.96 bits per heavy atom. The molecule has 8 nitrogen and oxygen atoms in total. The van der Waals surface area contributed by atoms with Crippen LogP contribution in [0, 0.1) is 15.9 Å². The van der Waals surface area contributed by atoms with E-state index in [9.17, 15) is 24.1 Å². The molecule has 0 aliphatic carbocycles. The summed E-state index contributed by atoms with van der Waals surface area (Å²) in [5, 5.41) is 13.6.